The van der Waals surface area contributed by atoms with Gasteiger partial charge in [-0.3, -0.25) is 4.79 Å². The predicted molar refractivity (Wildman–Crippen MR) is 88.9 cm³/mol. The van der Waals surface area contributed by atoms with E-state index in [1.165, 1.54) is 6.92 Å². The molecule has 3 aliphatic heterocycles. The second-order valence-corrected chi connectivity index (χ2v) is 9.16. The van der Waals surface area contributed by atoms with Gasteiger partial charge in [0.1, 0.15) is 10.9 Å². The number of morpholine rings is 1. The quantitative estimate of drug-likeness (QED) is 0.802. The molecular formula is C17H22N2O4S. The maximum Gasteiger partial charge on any atom is 0.220 e. The summed E-state index contributed by atoms with van der Waals surface area (Å²) in [5, 5.41) is -0.518. The summed E-state index contributed by atoms with van der Waals surface area (Å²) < 4.78 is 33.6. The molecule has 4 rings (SSSR count). The van der Waals surface area contributed by atoms with E-state index < -0.39 is 20.9 Å². The third kappa shape index (κ3) is 2.46. The number of likely N-dealkylation sites (tertiary alicyclic amines) is 1. The van der Waals surface area contributed by atoms with Crippen molar-refractivity contribution in [1.29, 1.82) is 0 Å². The van der Waals surface area contributed by atoms with E-state index in [1.54, 1.807) is 9.21 Å². The van der Waals surface area contributed by atoms with Crippen LogP contribution < -0.4 is 0 Å². The summed E-state index contributed by atoms with van der Waals surface area (Å²) in [4.78, 5) is 13.5. The fourth-order valence-corrected chi connectivity index (χ4v) is 6.60. The van der Waals surface area contributed by atoms with Crippen molar-refractivity contribution >= 4 is 15.9 Å². The Bertz CT molecular complexity index is 751. The average Bonchev–Trinajstić information content (AvgIpc) is 2.92. The van der Waals surface area contributed by atoms with Crippen LogP contribution in [0.25, 0.3) is 0 Å². The van der Waals surface area contributed by atoms with Gasteiger partial charge in [-0.15, -0.1) is 0 Å². The zero-order chi connectivity index (χ0) is 16.9. The number of hydrogen-bond acceptors (Lipinski definition) is 4. The molecule has 7 heteroatoms. The van der Waals surface area contributed by atoms with Gasteiger partial charge in [0.15, 0.2) is 0 Å². The topological polar surface area (TPSA) is 66.9 Å². The largest absolute Gasteiger partial charge is 0.365 e. The lowest BCUT2D eigenvalue weighted by Gasteiger charge is -2.39. The van der Waals surface area contributed by atoms with Gasteiger partial charge in [0.25, 0.3) is 0 Å². The first-order chi connectivity index (χ1) is 11.4. The van der Waals surface area contributed by atoms with Gasteiger partial charge in [-0.2, -0.15) is 4.31 Å². The van der Waals surface area contributed by atoms with Crippen LogP contribution in [0.3, 0.4) is 0 Å². The molecule has 0 saturated carbocycles. The van der Waals surface area contributed by atoms with Crippen molar-refractivity contribution in [2.75, 3.05) is 26.2 Å². The molecule has 130 valence electrons. The summed E-state index contributed by atoms with van der Waals surface area (Å²) in [6.07, 6.45) is 1.02. The molecule has 3 saturated heterocycles. The molecule has 1 aromatic rings. The molecule has 1 spiro atoms. The molecule has 3 heterocycles. The van der Waals surface area contributed by atoms with E-state index in [4.69, 9.17) is 4.74 Å². The fourth-order valence-electron chi connectivity index (χ4n) is 4.29. The first-order valence-corrected chi connectivity index (χ1v) is 9.87. The van der Waals surface area contributed by atoms with Gasteiger partial charge in [0.05, 0.1) is 12.6 Å². The Labute approximate surface area is 142 Å². The van der Waals surface area contributed by atoms with E-state index in [9.17, 15) is 13.2 Å². The summed E-state index contributed by atoms with van der Waals surface area (Å²) >= 11 is 0. The number of rotatable bonds is 3. The van der Waals surface area contributed by atoms with Gasteiger partial charge in [0, 0.05) is 26.6 Å². The van der Waals surface area contributed by atoms with Crippen LogP contribution in [0.2, 0.25) is 0 Å². The molecule has 0 unspecified atom stereocenters. The number of sulfonamides is 1. The van der Waals surface area contributed by atoms with Crippen LogP contribution in [0, 0.1) is 0 Å². The molecule has 0 radical (unpaired) electrons. The SMILES string of the molecule is CC(=O)N1C[C@H]2C[C@H]3[C@](C1)(CN(CCc1ccccc1)S3(=O)=O)O2. The Morgan fingerprint density at radius 2 is 2.04 bits per heavy atom. The summed E-state index contributed by atoms with van der Waals surface area (Å²) in [6, 6.07) is 9.88. The molecule has 24 heavy (non-hydrogen) atoms. The minimum absolute atomic E-state index is 0.0107. The van der Waals surface area contributed by atoms with Gasteiger partial charge in [-0.1, -0.05) is 30.3 Å². The van der Waals surface area contributed by atoms with Crippen molar-refractivity contribution in [3.63, 3.8) is 0 Å². The fraction of sp³-hybridized carbons (Fsp3) is 0.588. The molecule has 1 amide bonds. The Kier molecular flexibility index (Phi) is 3.71. The molecule has 0 aromatic heterocycles. The molecule has 3 fully saturated rings. The number of carbonyl (C=O) groups is 1. The van der Waals surface area contributed by atoms with Gasteiger partial charge in [0.2, 0.25) is 15.9 Å². The van der Waals surface area contributed by atoms with E-state index in [0.717, 1.165) is 5.56 Å². The third-order valence-corrected chi connectivity index (χ3v) is 7.82. The molecule has 2 bridgehead atoms. The predicted octanol–water partition coefficient (Wildman–Crippen LogP) is 0.633. The van der Waals surface area contributed by atoms with Gasteiger partial charge in [-0.25, -0.2) is 8.42 Å². The van der Waals surface area contributed by atoms with Gasteiger partial charge in [-0.05, 0) is 18.4 Å². The minimum atomic E-state index is -3.38. The van der Waals surface area contributed by atoms with Crippen molar-refractivity contribution < 1.29 is 17.9 Å². The highest BCUT2D eigenvalue weighted by Crippen LogP contribution is 2.46. The third-order valence-electron chi connectivity index (χ3n) is 5.45. The van der Waals surface area contributed by atoms with Crippen LogP contribution in [0.15, 0.2) is 30.3 Å². The van der Waals surface area contributed by atoms with Crippen LogP contribution in [0.4, 0.5) is 0 Å². The number of amides is 1. The van der Waals surface area contributed by atoms with Crippen molar-refractivity contribution in [3.05, 3.63) is 35.9 Å². The first-order valence-electron chi connectivity index (χ1n) is 8.37. The first kappa shape index (κ1) is 16.1. The Morgan fingerprint density at radius 3 is 2.75 bits per heavy atom. The zero-order valence-electron chi connectivity index (χ0n) is 13.7. The maximum atomic E-state index is 13.0. The lowest BCUT2D eigenvalue weighted by molar-refractivity contribution is -0.148. The van der Waals surface area contributed by atoms with Crippen molar-refractivity contribution in [3.8, 4) is 0 Å². The van der Waals surface area contributed by atoms with Crippen molar-refractivity contribution in [2.45, 2.75) is 36.7 Å². The lowest BCUT2D eigenvalue weighted by Crippen LogP contribution is -2.56. The highest BCUT2D eigenvalue weighted by Gasteiger charge is 2.65. The molecular weight excluding hydrogens is 328 g/mol. The van der Waals surface area contributed by atoms with Crippen LogP contribution in [-0.4, -0.2) is 66.7 Å². The standard InChI is InChI=1S/C17H22N2O4S/c1-13(20)18-10-15-9-16-17(11-18,23-15)12-19(24(16,21)22)8-7-14-5-3-2-4-6-14/h2-6,15-16H,7-12H2,1H3/t15-,16+,17+/m1/s1. The second-order valence-electron chi connectivity index (χ2n) is 7.04. The Morgan fingerprint density at radius 1 is 1.29 bits per heavy atom. The van der Waals surface area contributed by atoms with Crippen LogP contribution >= 0.6 is 0 Å². The molecule has 0 aliphatic carbocycles. The van der Waals surface area contributed by atoms with Crippen LogP contribution in [0.1, 0.15) is 18.9 Å². The number of carbonyl (C=O) groups excluding carboxylic acids is 1. The van der Waals surface area contributed by atoms with Crippen molar-refractivity contribution in [2.24, 2.45) is 0 Å². The molecule has 1 aromatic carbocycles. The van der Waals surface area contributed by atoms with E-state index in [-0.39, 0.29) is 12.0 Å². The summed E-state index contributed by atoms with van der Waals surface area (Å²) in [7, 11) is -3.38. The molecule has 3 aliphatic rings. The van der Waals surface area contributed by atoms with E-state index in [1.807, 2.05) is 30.3 Å². The smallest absolute Gasteiger partial charge is 0.220 e. The monoisotopic (exact) mass is 350 g/mol. The highest BCUT2D eigenvalue weighted by molar-refractivity contribution is 7.90. The lowest BCUT2D eigenvalue weighted by atomic mass is 9.99. The minimum Gasteiger partial charge on any atom is -0.365 e. The van der Waals surface area contributed by atoms with E-state index in [2.05, 4.69) is 0 Å². The Balaban J connectivity index is 1.54. The van der Waals surface area contributed by atoms with E-state index >= 15 is 0 Å². The number of fused-ring (bicyclic) bond motifs is 1. The number of ether oxygens (including phenoxy) is 1. The number of hydrogen-bond donors (Lipinski definition) is 0. The van der Waals surface area contributed by atoms with Gasteiger partial charge >= 0.3 is 0 Å². The Hall–Kier alpha value is -1.44. The second kappa shape index (κ2) is 5.54. The number of nitrogens with zero attached hydrogens (tertiary/aromatic N) is 2. The molecule has 3 atom stereocenters. The van der Waals surface area contributed by atoms with Crippen LogP contribution in [0.5, 0.6) is 0 Å². The summed E-state index contributed by atoms with van der Waals surface area (Å²) in [6.45, 7) is 3.23. The average molecular weight is 350 g/mol. The maximum absolute atomic E-state index is 13.0. The molecule has 6 nitrogen and oxygen atoms in total. The van der Waals surface area contributed by atoms with Crippen molar-refractivity contribution in [1.82, 2.24) is 9.21 Å². The normalized spacial score (nSPS) is 34.3. The number of benzene rings is 1. The van der Waals surface area contributed by atoms with E-state index in [0.29, 0.717) is 39.0 Å². The summed E-state index contributed by atoms with van der Waals surface area (Å²) in [5.41, 5.74) is 0.375. The van der Waals surface area contributed by atoms with Gasteiger partial charge < -0.3 is 9.64 Å². The van der Waals surface area contributed by atoms with Crippen LogP contribution in [-0.2, 0) is 26.0 Å². The highest BCUT2D eigenvalue weighted by atomic mass is 32.2. The zero-order valence-corrected chi connectivity index (χ0v) is 14.5. The molecule has 0 N–H and O–H groups in total. The summed E-state index contributed by atoms with van der Waals surface area (Å²) in [5.74, 6) is -0.0107.